The summed E-state index contributed by atoms with van der Waals surface area (Å²) in [5, 5.41) is 2.19. The fraction of sp³-hybridized carbons (Fsp3) is 0.105. The summed E-state index contributed by atoms with van der Waals surface area (Å²) in [5.74, 6) is 0.846. The molecule has 1 aromatic heterocycles. The maximum Gasteiger partial charge on any atom is 0.172 e. The van der Waals surface area contributed by atoms with E-state index in [1.807, 2.05) is 42.5 Å². The van der Waals surface area contributed by atoms with Gasteiger partial charge in [-0.25, -0.2) is 0 Å². The summed E-state index contributed by atoms with van der Waals surface area (Å²) in [6, 6.07) is 15.8. The first-order chi connectivity index (χ1) is 11.3. The lowest BCUT2D eigenvalue weighted by Gasteiger charge is -2.15. The molecule has 0 aliphatic carbocycles. The molecule has 0 radical (unpaired) electrons. The van der Waals surface area contributed by atoms with Crippen molar-refractivity contribution < 1.29 is 9.53 Å². The van der Waals surface area contributed by atoms with Crippen LogP contribution in [-0.2, 0) is 0 Å². The van der Waals surface area contributed by atoms with Gasteiger partial charge in [0.1, 0.15) is 12.4 Å². The van der Waals surface area contributed by atoms with Crippen LogP contribution in [0.15, 0.2) is 65.9 Å². The minimum Gasteiger partial charge on any atom is -0.487 e. The Hall–Kier alpha value is -3.01. The molecule has 0 amide bonds. The third kappa shape index (κ3) is 2.59. The summed E-state index contributed by atoms with van der Waals surface area (Å²) in [6.45, 7) is 0.307. The standard InChI is InChI=1S/C19H14N2O2/c22-18-10-14(21-17-8-9-20-11-16(17)18)12-23-19-7-3-5-13-4-1-2-6-15(13)19/h1-9,11H,10,12H2. The van der Waals surface area contributed by atoms with Crippen molar-refractivity contribution in [3.63, 3.8) is 0 Å². The number of ether oxygens (including phenoxy) is 1. The number of aromatic nitrogens is 1. The van der Waals surface area contributed by atoms with Crippen molar-refractivity contribution in [1.82, 2.24) is 4.98 Å². The van der Waals surface area contributed by atoms with Crippen molar-refractivity contribution in [3.8, 4) is 5.75 Å². The zero-order valence-corrected chi connectivity index (χ0v) is 12.4. The molecule has 2 heterocycles. The average Bonchev–Trinajstić information content (AvgIpc) is 2.60. The number of nitrogens with zero attached hydrogens (tertiary/aromatic N) is 2. The van der Waals surface area contributed by atoms with Crippen LogP contribution in [0.5, 0.6) is 5.75 Å². The number of ketones is 1. The fourth-order valence-corrected chi connectivity index (χ4v) is 2.76. The summed E-state index contributed by atoms with van der Waals surface area (Å²) in [7, 11) is 0. The second-order valence-corrected chi connectivity index (χ2v) is 5.44. The number of carbonyl (C=O) groups excluding carboxylic acids is 1. The van der Waals surface area contributed by atoms with Crippen molar-refractivity contribution in [1.29, 1.82) is 0 Å². The molecule has 0 bridgehead atoms. The first-order valence-corrected chi connectivity index (χ1v) is 7.45. The predicted molar refractivity (Wildman–Crippen MR) is 89.7 cm³/mol. The molecule has 23 heavy (non-hydrogen) atoms. The number of pyridine rings is 1. The van der Waals surface area contributed by atoms with Gasteiger partial charge in [-0.2, -0.15) is 0 Å². The van der Waals surface area contributed by atoms with E-state index in [4.69, 9.17) is 4.74 Å². The van der Waals surface area contributed by atoms with Gasteiger partial charge in [-0.3, -0.25) is 14.8 Å². The van der Waals surface area contributed by atoms with E-state index in [9.17, 15) is 4.79 Å². The summed E-state index contributed by atoms with van der Waals surface area (Å²) >= 11 is 0. The lowest BCUT2D eigenvalue weighted by atomic mass is 10.0. The Labute approximate surface area is 133 Å². The third-order valence-corrected chi connectivity index (χ3v) is 3.89. The number of rotatable bonds is 3. The summed E-state index contributed by atoms with van der Waals surface area (Å²) in [5.41, 5.74) is 2.00. The molecule has 0 N–H and O–H groups in total. The van der Waals surface area contributed by atoms with Crippen LogP contribution < -0.4 is 4.74 Å². The quantitative estimate of drug-likeness (QED) is 0.735. The van der Waals surface area contributed by atoms with Gasteiger partial charge in [-0.15, -0.1) is 0 Å². The van der Waals surface area contributed by atoms with Gasteiger partial charge in [-0.05, 0) is 17.5 Å². The molecule has 0 saturated heterocycles. The molecule has 3 aromatic rings. The van der Waals surface area contributed by atoms with E-state index in [1.165, 1.54) is 0 Å². The maximum absolute atomic E-state index is 12.1. The minimum atomic E-state index is 0.0413. The molecule has 112 valence electrons. The molecular formula is C19H14N2O2. The number of carbonyl (C=O) groups is 1. The first kappa shape index (κ1) is 13.6. The molecule has 0 fully saturated rings. The molecule has 4 rings (SSSR count). The van der Waals surface area contributed by atoms with Gasteiger partial charge >= 0.3 is 0 Å². The van der Waals surface area contributed by atoms with Crippen LogP contribution in [-0.4, -0.2) is 23.1 Å². The Kier molecular flexibility index (Phi) is 3.35. The van der Waals surface area contributed by atoms with Crippen molar-refractivity contribution in [2.45, 2.75) is 6.42 Å². The average molecular weight is 302 g/mol. The number of hydrogen-bond acceptors (Lipinski definition) is 4. The molecule has 0 atom stereocenters. The van der Waals surface area contributed by atoms with Gasteiger partial charge in [0.2, 0.25) is 0 Å². The molecule has 2 aromatic carbocycles. The van der Waals surface area contributed by atoms with Gasteiger partial charge in [0.05, 0.1) is 23.4 Å². The molecule has 0 unspecified atom stereocenters. The molecular weight excluding hydrogens is 288 g/mol. The minimum absolute atomic E-state index is 0.0413. The van der Waals surface area contributed by atoms with Crippen LogP contribution in [0.2, 0.25) is 0 Å². The second kappa shape index (κ2) is 5.65. The van der Waals surface area contributed by atoms with Crippen molar-refractivity contribution in [2.24, 2.45) is 4.99 Å². The topological polar surface area (TPSA) is 51.5 Å². The van der Waals surface area contributed by atoms with E-state index >= 15 is 0 Å². The highest BCUT2D eigenvalue weighted by Crippen LogP contribution is 2.27. The van der Waals surface area contributed by atoms with Gasteiger partial charge in [0, 0.05) is 17.8 Å². The monoisotopic (exact) mass is 302 g/mol. The number of Topliss-reactive ketones (excluding diaryl/α,β-unsaturated/α-hetero) is 1. The Bertz CT molecular complexity index is 926. The SMILES string of the molecule is O=C1CC(COc2cccc3ccccc23)=Nc2ccncc21. The van der Waals surface area contributed by atoms with Gasteiger partial charge in [0.15, 0.2) is 5.78 Å². The summed E-state index contributed by atoms with van der Waals surface area (Å²) in [6.07, 6.45) is 3.50. The van der Waals surface area contributed by atoms with E-state index in [1.54, 1.807) is 18.5 Å². The zero-order valence-electron chi connectivity index (χ0n) is 12.4. The molecule has 0 saturated carbocycles. The van der Waals surface area contributed by atoms with E-state index < -0.39 is 0 Å². The maximum atomic E-state index is 12.1. The number of fused-ring (bicyclic) bond motifs is 2. The van der Waals surface area contributed by atoms with E-state index in [2.05, 4.69) is 9.98 Å². The van der Waals surface area contributed by atoms with Crippen LogP contribution in [0.4, 0.5) is 5.69 Å². The van der Waals surface area contributed by atoms with Crippen LogP contribution in [0.1, 0.15) is 16.8 Å². The predicted octanol–water partition coefficient (Wildman–Crippen LogP) is 3.97. The lowest BCUT2D eigenvalue weighted by Crippen LogP contribution is -2.19. The number of benzene rings is 2. The smallest absolute Gasteiger partial charge is 0.172 e. The van der Waals surface area contributed by atoms with E-state index in [0.717, 1.165) is 22.2 Å². The lowest BCUT2D eigenvalue weighted by molar-refractivity contribution is 0.0998. The van der Waals surface area contributed by atoms with Crippen molar-refractivity contribution >= 4 is 28.0 Å². The molecule has 1 aliphatic heterocycles. The normalized spacial score (nSPS) is 13.6. The van der Waals surface area contributed by atoms with Crippen LogP contribution >= 0.6 is 0 Å². The Balaban J connectivity index is 1.60. The largest absolute Gasteiger partial charge is 0.487 e. The molecule has 4 heteroatoms. The van der Waals surface area contributed by atoms with Crippen LogP contribution in [0.25, 0.3) is 10.8 Å². The summed E-state index contributed by atoms with van der Waals surface area (Å²) < 4.78 is 5.92. The molecule has 4 nitrogen and oxygen atoms in total. The van der Waals surface area contributed by atoms with E-state index in [0.29, 0.717) is 17.9 Å². The molecule has 1 aliphatic rings. The van der Waals surface area contributed by atoms with Gasteiger partial charge in [-0.1, -0.05) is 36.4 Å². The Morgan fingerprint density at radius 3 is 2.87 bits per heavy atom. The van der Waals surface area contributed by atoms with Crippen LogP contribution in [0.3, 0.4) is 0 Å². The second-order valence-electron chi connectivity index (χ2n) is 5.44. The van der Waals surface area contributed by atoms with Crippen LogP contribution in [0, 0.1) is 0 Å². The highest BCUT2D eigenvalue weighted by Gasteiger charge is 2.20. The van der Waals surface area contributed by atoms with Crippen molar-refractivity contribution in [3.05, 3.63) is 66.5 Å². The van der Waals surface area contributed by atoms with Crippen molar-refractivity contribution in [2.75, 3.05) is 6.61 Å². The summed E-state index contributed by atoms with van der Waals surface area (Å²) in [4.78, 5) is 20.6. The Morgan fingerprint density at radius 2 is 1.91 bits per heavy atom. The van der Waals surface area contributed by atoms with E-state index in [-0.39, 0.29) is 12.2 Å². The number of hydrogen-bond donors (Lipinski definition) is 0. The van der Waals surface area contributed by atoms with Gasteiger partial charge < -0.3 is 4.74 Å². The first-order valence-electron chi connectivity index (χ1n) is 7.45. The Morgan fingerprint density at radius 1 is 1.04 bits per heavy atom. The fourth-order valence-electron chi connectivity index (χ4n) is 2.76. The highest BCUT2D eigenvalue weighted by atomic mass is 16.5. The number of aliphatic imine (C=N–C) groups is 1. The van der Waals surface area contributed by atoms with Gasteiger partial charge in [0.25, 0.3) is 0 Å². The highest BCUT2D eigenvalue weighted by molar-refractivity contribution is 6.16. The zero-order chi connectivity index (χ0) is 15.6. The molecule has 0 spiro atoms. The third-order valence-electron chi connectivity index (χ3n) is 3.89.